The highest BCUT2D eigenvalue weighted by Gasteiger charge is 2.26. The minimum Gasteiger partial charge on any atom is -0.360 e. The first-order valence-electron chi connectivity index (χ1n) is 10.6. The Morgan fingerprint density at radius 1 is 1.03 bits per heavy atom. The molecule has 0 radical (unpaired) electrons. The van der Waals surface area contributed by atoms with Crippen LogP contribution in [0.3, 0.4) is 0 Å². The third kappa shape index (κ3) is 4.58. The van der Waals surface area contributed by atoms with Gasteiger partial charge >= 0.3 is 0 Å². The normalized spacial score (nSPS) is 13.3. The summed E-state index contributed by atoms with van der Waals surface area (Å²) in [6, 6.07) is 21.7. The van der Waals surface area contributed by atoms with Crippen LogP contribution in [0.15, 0.2) is 72.9 Å². The summed E-state index contributed by atoms with van der Waals surface area (Å²) in [6.07, 6.45) is 2.57. The lowest BCUT2D eigenvalue weighted by molar-refractivity contribution is 0.0938. The van der Waals surface area contributed by atoms with Crippen LogP contribution in [-0.2, 0) is 6.42 Å². The van der Waals surface area contributed by atoms with Crippen LogP contribution in [0.4, 0.5) is 0 Å². The molecular weight excluding hydrogens is 404 g/mol. The van der Waals surface area contributed by atoms with Gasteiger partial charge < -0.3 is 10.3 Å². The molecule has 0 fully saturated rings. The van der Waals surface area contributed by atoms with Gasteiger partial charge in [0, 0.05) is 33.7 Å². The fourth-order valence-electron chi connectivity index (χ4n) is 4.13. The van der Waals surface area contributed by atoms with Crippen LogP contribution in [0.1, 0.15) is 45.6 Å². The Morgan fingerprint density at radius 3 is 2.55 bits per heavy atom. The quantitative estimate of drug-likeness (QED) is 0.325. The van der Waals surface area contributed by atoms with Crippen molar-refractivity contribution in [2.45, 2.75) is 39.3 Å². The first-order chi connectivity index (χ1) is 14.9. The van der Waals surface area contributed by atoms with Gasteiger partial charge in [-0.05, 0) is 55.5 Å². The maximum absolute atomic E-state index is 13.7. The van der Waals surface area contributed by atoms with Crippen LogP contribution in [0.2, 0.25) is 5.02 Å². The van der Waals surface area contributed by atoms with Crippen molar-refractivity contribution < 1.29 is 4.79 Å². The lowest BCUT2D eigenvalue weighted by atomic mass is 9.95. The molecule has 0 aliphatic rings. The number of hydrogen-bond donors (Lipinski definition) is 2. The van der Waals surface area contributed by atoms with Gasteiger partial charge in [-0.15, -0.1) is 0 Å². The Hall–Kier alpha value is -2.88. The fourth-order valence-corrected chi connectivity index (χ4v) is 4.44. The summed E-state index contributed by atoms with van der Waals surface area (Å²) in [6.45, 7) is 6.18. The predicted octanol–water partition coefficient (Wildman–Crippen LogP) is 6.58. The summed E-state index contributed by atoms with van der Waals surface area (Å²) < 4.78 is 0. The SMILES string of the molecule is Cc1ccc(C[C@H](C)N[C@@H](C(=O)c2c[nH]c3c(C)cccc23)c2ccccc2)c(Cl)c1. The minimum atomic E-state index is -0.445. The zero-order chi connectivity index (χ0) is 22.0. The van der Waals surface area contributed by atoms with Crippen molar-refractivity contribution >= 4 is 28.3 Å². The minimum absolute atomic E-state index is 0.0568. The number of aromatic amines is 1. The van der Waals surface area contributed by atoms with Gasteiger partial charge in [-0.2, -0.15) is 0 Å². The summed E-state index contributed by atoms with van der Waals surface area (Å²) >= 11 is 6.45. The standard InChI is InChI=1S/C27H27ClN2O/c1-17-12-13-21(24(28)14-17)15-19(3)30-26(20-9-5-4-6-10-20)27(31)23-16-29-25-18(2)8-7-11-22(23)25/h4-14,16,19,26,29-30H,15H2,1-3H3/t19-,26+/m0/s1. The molecule has 1 aromatic heterocycles. The number of aromatic nitrogens is 1. The van der Waals surface area contributed by atoms with E-state index in [1.54, 1.807) is 0 Å². The maximum atomic E-state index is 13.7. The van der Waals surface area contributed by atoms with Crippen LogP contribution in [0.5, 0.6) is 0 Å². The molecule has 0 aliphatic carbocycles. The topological polar surface area (TPSA) is 44.9 Å². The summed E-state index contributed by atoms with van der Waals surface area (Å²) in [7, 11) is 0. The molecule has 3 aromatic carbocycles. The molecule has 0 unspecified atom stereocenters. The van der Waals surface area contributed by atoms with Gasteiger partial charge in [-0.1, -0.05) is 72.3 Å². The van der Waals surface area contributed by atoms with Gasteiger partial charge in [-0.3, -0.25) is 4.79 Å². The molecule has 0 bridgehead atoms. The Balaban J connectivity index is 1.64. The number of carbonyl (C=O) groups is 1. The third-order valence-electron chi connectivity index (χ3n) is 5.77. The van der Waals surface area contributed by atoms with E-state index < -0.39 is 6.04 Å². The number of Topliss-reactive ketones (excluding diaryl/α,β-unsaturated/α-hetero) is 1. The van der Waals surface area contributed by atoms with Crippen LogP contribution in [-0.4, -0.2) is 16.8 Å². The molecule has 2 N–H and O–H groups in total. The van der Waals surface area contributed by atoms with Crippen LogP contribution < -0.4 is 5.32 Å². The second kappa shape index (κ2) is 9.09. The first-order valence-corrected chi connectivity index (χ1v) is 11.0. The van der Waals surface area contributed by atoms with E-state index in [4.69, 9.17) is 11.6 Å². The highest BCUT2D eigenvalue weighted by Crippen LogP contribution is 2.27. The Kier molecular flexibility index (Phi) is 6.26. The molecule has 1 heterocycles. The monoisotopic (exact) mass is 430 g/mol. The summed E-state index contributed by atoms with van der Waals surface area (Å²) in [4.78, 5) is 17.0. The Morgan fingerprint density at radius 2 is 1.81 bits per heavy atom. The van der Waals surface area contributed by atoms with Gasteiger partial charge in [0.15, 0.2) is 5.78 Å². The molecule has 0 spiro atoms. The number of nitrogens with one attached hydrogen (secondary N) is 2. The van der Waals surface area contributed by atoms with Gasteiger partial charge in [0.2, 0.25) is 0 Å². The molecule has 0 amide bonds. The number of fused-ring (bicyclic) bond motifs is 1. The number of ketones is 1. The van der Waals surface area contributed by atoms with E-state index in [-0.39, 0.29) is 11.8 Å². The second-order valence-electron chi connectivity index (χ2n) is 8.27. The van der Waals surface area contributed by atoms with Crippen molar-refractivity contribution in [3.63, 3.8) is 0 Å². The van der Waals surface area contributed by atoms with Crippen LogP contribution >= 0.6 is 11.6 Å². The molecule has 4 heteroatoms. The van der Waals surface area contributed by atoms with Crippen molar-refractivity contribution in [1.29, 1.82) is 0 Å². The van der Waals surface area contributed by atoms with E-state index in [1.807, 2.05) is 74.6 Å². The van der Waals surface area contributed by atoms with Gasteiger partial charge in [0.05, 0.1) is 6.04 Å². The lowest BCUT2D eigenvalue weighted by Crippen LogP contribution is -2.36. The zero-order valence-corrected chi connectivity index (χ0v) is 18.8. The number of halogens is 1. The largest absolute Gasteiger partial charge is 0.360 e. The molecule has 0 saturated carbocycles. The molecule has 4 aromatic rings. The average Bonchev–Trinajstić information content (AvgIpc) is 3.20. The van der Waals surface area contributed by atoms with Gasteiger partial charge in [-0.25, -0.2) is 0 Å². The van der Waals surface area contributed by atoms with Crippen LogP contribution in [0, 0.1) is 13.8 Å². The van der Waals surface area contributed by atoms with E-state index in [2.05, 4.69) is 29.4 Å². The highest BCUT2D eigenvalue weighted by molar-refractivity contribution is 6.31. The maximum Gasteiger partial charge on any atom is 0.186 e. The van der Waals surface area contributed by atoms with Crippen molar-refractivity contribution in [2.24, 2.45) is 0 Å². The van der Waals surface area contributed by atoms with Gasteiger partial charge in [0.1, 0.15) is 0 Å². The smallest absolute Gasteiger partial charge is 0.186 e. The molecular formula is C27H27ClN2O. The molecule has 31 heavy (non-hydrogen) atoms. The molecule has 158 valence electrons. The van der Waals surface area contributed by atoms with E-state index in [1.165, 1.54) is 0 Å². The number of aryl methyl sites for hydroxylation is 2. The summed E-state index contributed by atoms with van der Waals surface area (Å²) in [5.74, 6) is 0.0601. The summed E-state index contributed by atoms with van der Waals surface area (Å²) in [5, 5.41) is 5.30. The van der Waals surface area contributed by atoms with E-state index >= 15 is 0 Å². The number of para-hydroxylation sites is 1. The number of rotatable bonds is 7. The zero-order valence-electron chi connectivity index (χ0n) is 18.1. The molecule has 4 rings (SSSR count). The molecule has 3 nitrogen and oxygen atoms in total. The second-order valence-corrected chi connectivity index (χ2v) is 8.68. The number of H-pyrrole nitrogens is 1. The van der Waals surface area contributed by atoms with E-state index in [0.717, 1.165) is 44.6 Å². The summed E-state index contributed by atoms with van der Waals surface area (Å²) in [5.41, 5.74) is 6.02. The number of benzene rings is 3. The average molecular weight is 431 g/mol. The van der Waals surface area contributed by atoms with E-state index in [9.17, 15) is 4.79 Å². The lowest BCUT2D eigenvalue weighted by Gasteiger charge is -2.23. The van der Waals surface area contributed by atoms with Crippen molar-refractivity contribution in [2.75, 3.05) is 0 Å². The highest BCUT2D eigenvalue weighted by atomic mass is 35.5. The van der Waals surface area contributed by atoms with Gasteiger partial charge in [0.25, 0.3) is 0 Å². The van der Waals surface area contributed by atoms with Crippen molar-refractivity contribution in [3.8, 4) is 0 Å². The van der Waals surface area contributed by atoms with Crippen LogP contribution in [0.25, 0.3) is 10.9 Å². The van der Waals surface area contributed by atoms with Crippen molar-refractivity contribution in [1.82, 2.24) is 10.3 Å². The molecule has 0 saturated heterocycles. The van der Waals surface area contributed by atoms with E-state index in [0.29, 0.717) is 5.56 Å². The predicted molar refractivity (Wildman–Crippen MR) is 129 cm³/mol. The molecule has 2 atom stereocenters. The Bertz CT molecular complexity index is 1210. The first kappa shape index (κ1) is 21.4. The Labute approximate surface area is 188 Å². The third-order valence-corrected chi connectivity index (χ3v) is 6.12. The number of hydrogen-bond acceptors (Lipinski definition) is 2. The number of carbonyl (C=O) groups excluding carboxylic acids is 1. The molecule has 0 aliphatic heterocycles. The fraction of sp³-hybridized carbons (Fsp3) is 0.222. The van der Waals surface area contributed by atoms with Crippen molar-refractivity contribution in [3.05, 3.63) is 106 Å².